The van der Waals surface area contributed by atoms with E-state index >= 15 is 0 Å². The van der Waals surface area contributed by atoms with Gasteiger partial charge in [-0.1, -0.05) is 28.7 Å². The van der Waals surface area contributed by atoms with Gasteiger partial charge in [0.2, 0.25) is 0 Å². The second-order valence-electron chi connectivity index (χ2n) is 8.80. The Hall–Kier alpha value is -1.99. The van der Waals surface area contributed by atoms with Crippen LogP contribution in [-0.4, -0.2) is 46.1 Å². The highest BCUT2D eigenvalue weighted by molar-refractivity contribution is 14.1. The van der Waals surface area contributed by atoms with Gasteiger partial charge in [-0.2, -0.15) is 13.2 Å². The van der Waals surface area contributed by atoms with Crippen LogP contribution in [0, 0.1) is 0 Å². The number of morpholine rings is 1. The molecule has 2 aromatic heterocycles. The molecule has 1 saturated heterocycles. The Labute approximate surface area is 218 Å². The number of thiazole rings is 1. The van der Waals surface area contributed by atoms with Crippen molar-refractivity contribution in [1.29, 1.82) is 0 Å². The molecular weight excluding hydrogens is 592 g/mol. The van der Waals surface area contributed by atoms with Crippen molar-refractivity contribution in [2.24, 2.45) is 0 Å². The van der Waals surface area contributed by atoms with Crippen molar-refractivity contribution < 1.29 is 22.7 Å². The van der Waals surface area contributed by atoms with Gasteiger partial charge in [-0.25, -0.2) is 9.97 Å². The number of halogens is 4. The van der Waals surface area contributed by atoms with Gasteiger partial charge < -0.3 is 15.0 Å². The molecule has 2 aliphatic rings. The summed E-state index contributed by atoms with van der Waals surface area (Å²) in [6.45, 7) is 2.41. The van der Waals surface area contributed by atoms with Crippen LogP contribution in [0.4, 0.5) is 24.5 Å². The van der Waals surface area contributed by atoms with E-state index in [9.17, 15) is 18.0 Å². The molecule has 1 saturated carbocycles. The van der Waals surface area contributed by atoms with Gasteiger partial charge in [0.05, 0.1) is 39.8 Å². The van der Waals surface area contributed by atoms with Crippen LogP contribution in [0.3, 0.4) is 0 Å². The van der Waals surface area contributed by atoms with Crippen LogP contribution in [0.25, 0.3) is 10.2 Å². The summed E-state index contributed by atoms with van der Waals surface area (Å²) in [7, 11) is 0. The quantitative estimate of drug-likeness (QED) is 0.277. The number of rotatable bonds is 4. The number of alkyl halides is 4. The van der Waals surface area contributed by atoms with Crippen molar-refractivity contribution >= 4 is 61.4 Å². The fraction of sp³-hybridized carbons (Fsp3) is 0.458. The van der Waals surface area contributed by atoms with E-state index in [1.54, 1.807) is 11.3 Å². The molecule has 186 valence electrons. The Bertz CT molecular complexity index is 1220. The minimum atomic E-state index is -4.62. The van der Waals surface area contributed by atoms with Crippen LogP contribution < -0.4 is 10.2 Å². The molecule has 2 fully saturated rings. The first-order valence-electron chi connectivity index (χ1n) is 11.5. The average molecular weight is 616 g/mol. The number of ether oxygens (including phenoxy) is 1. The Morgan fingerprint density at radius 2 is 1.86 bits per heavy atom. The largest absolute Gasteiger partial charge is 0.433 e. The van der Waals surface area contributed by atoms with Gasteiger partial charge in [-0.15, -0.1) is 11.3 Å². The second kappa shape index (κ2) is 10.2. The summed E-state index contributed by atoms with van der Waals surface area (Å²) in [5, 5.41) is 3.93. The molecule has 1 amide bonds. The zero-order valence-electron chi connectivity index (χ0n) is 18.8. The van der Waals surface area contributed by atoms with Crippen molar-refractivity contribution in [3.63, 3.8) is 0 Å². The van der Waals surface area contributed by atoms with Gasteiger partial charge in [0.1, 0.15) is 11.4 Å². The molecule has 1 aliphatic carbocycles. The van der Waals surface area contributed by atoms with E-state index < -0.39 is 17.8 Å². The smallest absolute Gasteiger partial charge is 0.378 e. The minimum Gasteiger partial charge on any atom is -0.378 e. The van der Waals surface area contributed by atoms with Crippen molar-refractivity contribution in [2.75, 3.05) is 36.5 Å². The van der Waals surface area contributed by atoms with Gasteiger partial charge in [0.15, 0.2) is 0 Å². The van der Waals surface area contributed by atoms with E-state index in [2.05, 4.69) is 37.8 Å². The Morgan fingerprint density at radius 3 is 2.57 bits per heavy atom. The van der Waals surface area contributed by atoms with E-state index in [1.165, 1.54) is 25.0 Å². The molecule has 11 heteroatoms. The maximum atomic E-state index is 13.1. The van der Waals surface area contributed by atoms with E-state index in [0.717, 1.165) is 43.7 Å². The highest BCUT2D eigenvalue weighted by atomic mass is 127. The standard InChI is InChI=1S/C24H24F3IN4O2S/c25-24(26,27)21-3-1-2-16(29-21)22(33)30-17-13-20-18(12-19(17)32-8-10-34-11-9-32)31-23(35-20)14-4-6-15(28)7-5-14/h1-3,12-15H,4-11H2,(H,30,33)/t14-,15-. The Morgan fingerprint density at radius 1 is 1.11 bits per heavy atom. The summed E-state index contributed by atoms with van der Waals surface area (Å²) >= 11 is 4.15. The van der Waals surface area contributed by atoms with Gasteiger partial charge in [-0.05, 0) is 49.9 Å². The SMILES string of the molecule is O=C(Nc1cc2sc([C@H]3CC[C@H](I)CC3)nc2cc1N1CCOCC1)c1cccc(C(F)(F)F)n1. The molecule has 0 unspecified atom stereocenters. The van der Waals surface area contributed by atoms with Crippen LogP contribution in [0.5, 0.6) is 0 Å². The monoisotopic (exact) mass is 616 g/mol. The zero-order valence-corrected chi connectivity index (χ0v) is 21.8. The topological polar surface area (TPSA) is 67.4 Å². The third-order valence-corrected chi connectivity index (χ3v) is 8.83. The molecule has 0 atom stereocenters. The van der Waals surface area contributed by atoms with Crippen LogP contribution in [-0.2, 0) is 10.9 Å². The van der Waals surface area contributed by atoms with E-state index in [-0.39, 0.29) is 5.69 Å². The van der Waals surface area contributed by atoms with E-state index in [1.807, 2.05) is 12.1 Å². The number of fused-ring (bicyclic) bond motifs is 1. The van der Waals surface area contributed by atoms with Gasteiger partial charge in [0, 0.05) is 22.9 Å². The fourth-order valence-corrected chi connectivity index (χ4v) is 6.40. The predicted molar refractivity (Wildman–Crippen MR) is 139 cm³/mol. The first-order chi connectivity index (χ1) is 16.8. The number of hydrogen-bond donors (Lipinski definition) is 1. The molecule has 0 spiro atoms. The molecular formula is C24H24F3IN4O2S. The summed E-state index contributed by atoms with van der Waals surface area (Å²) in [5.74, 6) is -0.243. The molecule has 3 heterocycles. The average Bonchev–Trinajstić information content (AvgIpc) is 3.27. The summed E-state index contributed by atoms with van der Waals surface area (Å²) < 4.78 is 46.4. The van der Waals surface area contributed by atoms with Gasteiger partial charge >= 0.3 is 6.18 Å². The second-order valence-corrected chi connectivity index (χ2v) is 11.6. The summed E-state index contributed by atoms with van der Waals surface area (Å²) in [6.07, 6.45) is -0.0102. The number of nitrogens with zero attached hydrogens (tertiary/aromatic N) is 3. The lowest BCUT2D eigenvalue weighted by molar-refractivity contribution is -0.141. The molecule has 5 rings (SSSR count). The van der Waals surface area contributed by atoms with E-state index in [0.29, 0.717) is 37.9 Å². The number of aromatic nitrogens is 2. The molecule has 0 radical (unpaired) electrons. The predicted octanol–water partition coefficient (Wildman–Crippen LogP) is 6.26. The number of anilines is 2. The number of carbonyl (C=O) groups is 1. The van der Waals surface area contributed by atoms with Crippen molar-refractivity contribution in [3.8, 4) is 0 Å². The van der Waals surface area contributed by atoms with Gasteiger partial charge in [-0.3, -0.25) is 4.79 Å². The number of amides is 1. The molecule has 1 N–H and O–H groups in total. The summed E-state index contributed by atoms with van der Waals surface area (Å²) in [5.41, 5.74) is 0.817. The minimum absolute atomic E-state index is 0.284. The lowest BCUT2D eigenvalue weighted by Gasteiger charge is -2.30. The van der Waals surface area contributed by atoms with Crippen LogP contribution in [0.2, 0.25) is 0 Å². The molecule has 6 nitrogen and oxygen atoms in total. The number of pyridine rings is 1. The lowest BCUT2D eigenvalue weighted by atomic mass is 9.90. The Kier molecular flexibility index (Phi) is 7.18. The molecule has 0 bridgehead atoms. The molecule has 1 aromatic carbocycles. The van der Waals surface area contributed by atoms with Crippen LogP contribution >= 0.6 is 33.9 Å². The summed E-state index contributed by atoms with van der Waals surface area (Å²) in [6, 6.07) is 7.19. The highest BCUT2D eigenvalue weighted by Gasteiger charge is 2.33. The van der Waals surface area contributed by atoms with Crippen molar-refractivity contribution in [2.45, 2.75) is 41.7 Å². The first-order valence-corrected chi connectivity index (χ1v) is 13.6. The van der Waals surface area contributed by atoms with Crippen LogP contribution in [0.15, 0.2) is 30.3 Å². The Balaban J connectivity index is 1.48. The zero-order chi connectivity index (χ0) is 24.6. The normalized spacial score (nSPS) is 21.3. The third-order valence-electron chi connectivity index (χ3n) is 6.40. The molecule has 35 heavy (non-hydrogen) atoms. The van der Waals surface area contributed by atoms with Crippen molar-refractivity contribution in [1.82, 2.24) is 9.97 Å². The number of nitrogens with one attached hydrogen (secondary N) is 1. The maximum Gasteiger partial charge on any atom is 0.433 e. The lowest BCUT2D eigenvalue weighted by Crippen LogP contribution is -2.36. The van der Waals surface area contributed by atoms with Crippen LogP contribution in [0.1, 0.15) is 52.8 Å². The third kappa shape index (κ3) is 5.56. The number of benzene rings is 1. The fourth-order valence-electron chi connectivity index (χ4n) is 4.53. The number of hydrogen-bond acceptors (Lipinski definition) is 6. The van der Waals surface area contributed by atoms with Gasteiger partial charge in [0.25, 0.3) is 5.91 Å². The maximum absolute atomic E-state index is 13.1. The molecule has 1 aliphatic heterocycles. The van der Waals surface area contributed by atoms with E-state index in [4.69, 9.17) is 9.72 Å². The summed E-state index contributed by atoms with van der Waals surface area (Å²) in [4.78, 5) is 23.5. The molecule has 3 aromatic rings. The number of carbonyl (C=O) groups excluding carboxylic acids is 1. The van der Waals surface area contributed by atoms with Crippen molar-refractivity contribution in [3.05, 3.63) is 46.7 Å². The first kappa shape index (κ1) is 24.7. The highest BCUT2D eigenvalue weighted by Crippen LogP contribution is 2.41.